The van der Waals surface area contributed by atoms with E-state index >= 15 is 0 Å². The minimum atomic E-state index is 0.545. The molecule has 0 fully saturated rings. The normalized spacial score (nSPS) is 10.8. The molecular formula is C87H81N17. The van der Waals surface area contributed by atoms with E-state index in [9.17, 15) is 10.5 Å². The third kappa shape index (κ3) is 19.0. The van der Waals surface area contributed by atoms with Crippen molar-refractivity contribution in [2.24, 2.45) is 5.73 Å². The van der Waals surface area contributed by atoms with E-state index in [2.05, 4.69) is 191 Å². The first-order valence-electron chi connectivity index (χ1n) is 34.8. The van der Waals surface area contributed by atoms with Crippen LogP contribution in [0.1, 0.15) is 118 Å². The van der Waals surface area contributed by atoms with Gasteiger partial charge in [-0.1, -0.05) is 36.1 Å². The molecule has 0 spiro atoms. The van der Waals surface area contributed by atoms with Gasteiger partial charge in [0.05, 0.1) is 23.3 Å². The molecule has 0 bridgehead atoms. The van der Waals surface area contributed by atoms with Gasteiger partial charge >= 0.3 is 0 Å². The lowest BCUT2D eigenvalue weighted by Crippen LogP contribution is -2.05. The number of H-pyrrole nitrogens is 4. The van der Waals surface area contributed by atoms with Gasteiger partial charge in [-0.25, -0.2) is 34.9 Å². The molecule has 12 aromatic heterocycles. The maximum atomic E-state index is 9.55. The zero-order valence-electron chi connectivity index (χ0n) is 59.1. The van der Waals surface area contributed by atoms with Crippen molar-refractivity contribution >= 4 is 55.8 Å². The lowest BCUT2D eigenvalue weighted by Gasteiger charge is -2.12. The van der Waals surface area contributed by atoms with Crippen LogP contribution in [-0.4, -0.2) is 59.4 Å². The maximum Gasteiger partial charge on any atom is 0.138 e. The second kappa shape index (κ2) is 33.3. The first kappa shape index (κ1) is 70.7. The highest BCUT2D eigenvalue weighted by Gasteiger charge is 2.12. The van der Waals surface area contributed by atoms with Gasteiger partial charge in [-0.3, -0.25) is 0 Å². The number of aryl methyl sites for hydroxylation is 15. The van der Waals surface area contributed by atoms with Gasteiger partial charge < -0.3 is 41.7 Å². The minimum Gasteiger partial charge on any atom is -0.384 e. The zero-order chi connectivity index (χ0) is 72.5. The topological polar surface area (TPSA) is 284 Å². The summed E-state index contributed by atoms with van der Waals surface area (Å²) in [5.74, 6) is 10.9. The monoisotopic (exact) mass is 1360 g/mol. The molecule has 0 aliphatic heterocycles. The molecule has 17 nitrogen and oxygen atoms in total. The maximum absolute atomic E-state index is 9.55. The van der Waals surface area contributed by atoms with Crippen LogP contribution in [0.2, 0.25) is 0 Å². The average molecular weight is 1360 g/mol. The van der Waals surface area contributed by atoms with Gasteiger partial charge in [0.15, 0.2) is 0 Å². The Labute approximate surface area is 605 Å². The van der Waals surface area contributed by atoms with Crippen LogP contribution in [0.25, 0.3) is 50.0 Å². The van der Waals surface area contributed by atoms with E-state index in [1.54, 1.807) is 0 Å². The van der Waals surface area contributed by atoms with Crippen LogP contribution in [-0.2, 0) is 70.8 Å². The molecule has 0 aliphatic carbocycles. The summed E-state index contributed by atoms with van der Waals surface area (Å²) in [5.41, 5.74) is 42.8. The SMILES string of the molecule is C#Cc1ccc2cc[nH]c2n1.Cc1cc(CCc2cc(C#N)cc(C#Cc3ccc4cc[nH]c4n3)c2)nc(-n2c(C)ccc2C)c1.Cc1cc(N)nc(CCc2cc(C#N)cc(CCc3ccc4cc[nH]c4n3)c2)c1.Cc1cc(N)nc(CCc2cc(CN)cc(CCc3ccc4cc[nH]c4n3)c2)c1. The number of fused-ring (bicyclic) bond motifs is 4. The van der Waals surface area contributed by atoms with Crippen LogP contribution in [0.3, 0.4) is 0 Å². The van der Waals surface area contributed by atoms with Crippen molar-refractivity contribution in [2.75, 3.05) is 11.5 Å². The van der Waals surface area contributed by atoms with Crippen LogP contribution in [0.4, 0.5) is 11.6 Å². The van der Waals surface area contributed by atoms with Crippen LogP contribution in [0, 0.1) is 81.5 Å². The van der Waals surface area contributed by atoms with E-state index in [4.69, 9.17) is 33.6 Å². The fourth-order valence-electron chi connectivity index (χ4n) is 12.8. The summed E-state index contributed by atoms with van der Waals surface area (Å²) in [4.78, 5) is 44.3. The van der Waals surface area contributed by atoms with Crippen molar-refractivity contribution < 1.29 is 0 Å². The predicted molar refractivity (Wildman–Crippen MR) is 417 cm³/mol. The van der Waals surface area contributed by atoms with E-state index in [0.717, 1.165) is 176 Å². The van der Waals surface area contributed by atoms with Crippen molar-refractivity contribution in [1.82, 2.24) is 59.4 Å². The summed E-state index contributed by atoms with van der Waals surface area (Å²) in [6.45, 7) is 10.9. The van der Waals surface area contributed by atoms with Crippen molar-refractivity contribution in [3.05, 3.63) is 319 Å². The lowest BCUT2D eigenvalue weighted by molar-refractivity contribution is 0.861. The Hall–Kier alpha value is -13.2. The van der Waals surface area contributed by atoms with Crippen LogP contribution < -0.4 is 17.2 Å². The molecule has 10 N–H and O–H groups in total. The molecule has 0 radical (unpaired) electrons. The third-order valence-electron chi connectivity index (χ3n) is 17.8. The number of benzene rings is 3. The van der Waals surface area contributed by atoms with Gasteiger partial charge in [0, 0.05) is 98.3 Å². The number of nitrogens with one attached hydrogen (secondary N) is 4. The molecule has 12 heterocycles. The first-order valence-corrected chi connectivity index (χ1v) is 34.8. The Balaban J connectivity index is 0.000000137. The second-order valence-corrected chi connectivity index (χ2v) is 26.2. The summed E-state index contributed by atoms with van der Waals surface area (Å²) in [7, 11) is 0. The van der Waals surface area contributed by atoms with Crippen molar-refractivity contribution in [3.8, 4) is 42.1 Å². The van der Waals surface area contributed by atoms with E-state index in [-0.39, 0.29) is 0 Å². The Bertz CT molecular complexity index is 5690. The number of aromatic amines is 4. The molecule has 0 aliphatic rings. The van der Waals surface area contributed by atoms with E-state index in [1.807, 2.05) is 124 Å². The molecular weight excluding hydrogens is 1280 g/mol. The number of nitrogens with two attached hydrogens (primary N) is 3. The number of pyridine rings is 7. The Morgan fingerprint density at radius 1 is 0.356 bits per heavy atom. The van der Waals surface area contributed by atoms with Crippen LogP contribution in [0.15, 0.2) is 201 Å². The van der Waals surface area contributed by atoms with Gasteiger partial charge in [-0.2, -0.15) is 10.5 Å². The highest BCUT2D eigenvalue weighted by atomic mass is 15.1. The Morgan fingerprint density at radius 2 is 0.731 bits per heavy atom. The smallest absolute Gasteiger partial charge is 0.138 e. The highest BCUT2D eigenvalue weighted by molar-refractivity contribution is 5.78. The number of aromatic nitrogens is 12. The molecule has 3 aromatic carbocycles. The Morgan fingerprint density at radius 3 is 1.18 bits per heavy atom. The summed E-state index contributed by atoms with van der Waals surface area (Å²) < 4.78 is 2.18. The molecule has 17 heteroatoms. The number of nitrogens with zero attached hydrogens (tertiary/aromatic N) is 10. The van der Waals surface area contributed by atoms with Gasteiger partial charge in [0.1, 0.15) is 51.4 Å². The lowest BCUT2D eigenvalue weighted by atomic mass is 9.98. The fraction of sp³-hybridized carbons (Fsp3) is 0.184. The molecule has 0 amide bonds. The molecule has 0 saturated carbocycles. The fourth-order valence-corrected chi connectivity index (χ4v) is 12.8. The molecule has 104 heavy (non-hydrogen) atoms. The van der Waals surface area contributed by atoms with E-state index < -0.39 is 0 Å². The largest absolute Gasteiger partial charge is 0.384 e. The van der Waals surface area contributed by atoms with Crippen molar-refractivity contribution in [2.45, 2.75) is 105 Å². The summed E-state index contributed by atoms with van der Waals surface area (Å²) >= 11 is 0. The standard InChI is InChI=1S/C30H25N5.C24H27N5.C24H23N5.C9H6N2/c1-20-14-28(33-29(15-20)35-21(2)4-5-22(35)3)10-7-24-16-23(17-25(18-24)19-31)6-9-27-11-8-26-12-13-32-30(26)34-27;2*1-16-10-22(28-23(26)11-16)6-3-18-12-17(13-19(14-18)15-25)2-5-21-7-4-20-8-9-27-24(20)29-21;1-2-8-4-3-7-5-6-10-9(7)11-8/h4-5,8,11-18H,7,10H2,1-3H3,(H,32,34);4,7-14H,2-3,5-6,15,25H2,1H3,(H2,26,28)(H,27,29);4,7-14H,2-3,5-6H2,1H3,(H2,26,28)(H,27,29);1,3-6H,(H,10,11). The van der Waals surface area contributed by atoms with E-state index in [0.29, 0.717) is 40.7 Å². The van der Waals surface area contributed by atoms with Crippen molar-refractivity contribution in [3.63, 3.8) is 0 Å². The average Bonchev–Trinajstić information content (AvgIpc) is 1.27. The molecule has 0 saturated heterocycles. The predicted octanol–water partition coefficient (Wildman–Crippen LogP) is 15.4. The van der Waals surface area contributed by atoms with Gasteiger partial charge in [0.2, 0.25) is 0 Å². The molecule has 15 rings (SSSR count). The number of nitriles is 2. The van der Waals surface area contributed by atoms with Gasteiger partial charge in [-0.05, 0) is 306 Å². The number of terminal acetylenes is 1. The van der Waals surface area contributed by atoms with Crippen molar-refractivity contribution in [1.29, 1.82) is 10.5 Å². The summed E-state index contributed by atoms with van der Waals surface area (Å²) in [6.07, 6.45) is 21.2. The second-order valence-electron chi connectivity index (χ2n) is 26.2. The summed E-state index contributed by atoms with van der Waals surface area (Å²) in [6, 6.07) is 63.7. The highest BCUT2D eigenvalue weighted by Crippen LogP contribution is 2.23. The molecule has 0 atom stereocenters. The number of rotatable bonds is 17. The first-order chi connectivity index (χ1) is 50.5. The third-order valence-corrected chi connectivity index (χ3v) is 17.8. The number of nitrogen functional groups attached to an aromatic ring is 2. The van der Waals surface area contributed by atoms with E-state index in [1.165, 1.54) is 33.6 Å². The number of hydrogen-bond donors (Lipinski definition) is 7. The zero-order valence-corrected chi connectivity index (χ0v) is 59.1. The number of anilines is 2. The van der Waals surface area contributed by atoms with Gasteiger partial charge in [-0.15, -0.1) is 6.42 Å². The van der Waals surface area contributed by atoms with Crippen LogP contribution in [0.5, 0.6) is 0 Å². The van der Waals surface area contributed by atoms with Crippen LogP contribution >= 0.6 is 0 Å². The molecule has 514 valence electrons. The summed E-state index contributed by atoms with van der Waals surface area (Å²) in [5, 5.41) is 23.4. The van der Waals surface area contributed by atoms with Gasteiger partial charge in [0.25, 0.3) is 0 Å². The quantitative estimate of drug-likeness (QED) is 0.0419. The molecule has 0 unspecified atom stereocenters. The minimum absolute atomic E-state index is 0.545. The molecule has 15 aromatic rings. The number of hydrogen-bond acceptors (Lipinski definition) is 12. The Kier molecular flexibility index (Phi) is 22.6.